The normalized spacial score (nSPS) is 10.3. The summed E-state index contributed by atoms with van der Waals surface area (Å²) in [5.74, 6) is 0. The molecule has 0 atom stereocenters. The van der Waals surface area contributed by atoms with Crippen molar-refractivity contribution < 1.29 is 5.11 Å². The molecule has 0 amide bonds. The predicted molar refractivity (Wildman–Crippen MR) is 41.7 cm³/mol. The minimum absolute atomic E-state index is 0.266. The Bertz CT molecular complexity index is 34.4. The Morgan fingerprint density at radius 1 is 1.29 bits per heavy atom. The maximum Gasteiger partial charge on any atom is 0.0639 e. The first kappa shape index (κ1) is 8.09. The fourth-order valence-corrected chi connectivity index (χ4v) is 2.01. The molecule has 0 unspecified atom stereocenters. The molecule has 44 valence electrons. The average molecular weight is 156 g/mol. The highest BCUT2D eigenvalue weighted by Crippen LogP contribution is 2.35. The summed E-state index contributed by atoms with van der Waals surface area (Å²) in [7, 11) is -0.270. The quantitative estimate of drug-likeness (QED) is 0.414. The van der Waals surface area contributed by atoms with E-state index in [4.69, 9.17) is 5.11 Å². The van der Waals surface area contributed by atoms with E-state index in [0.29, 0.717) is 0 Å². The van der Waals surface area contributed by atoms with E-state index in [2.05, 4.69) is 25.3 Å². The van der Waals surface area contributed by atoms with Crippen LogP contribution in [0.25, 0.3) is 0 Å². The molecule has 0 rings (SSSR count). The molecular weight excluding hydrogens is 147 g/mol. The highest BCUT2D eigenvalue weighted by molar-refractivity contribution is 7.95. The molecule has 1 nitrogen and oxygen atoms in total. The molecule has 0 aromatic rings. The first-order chi connectivity index (χ1) is 3.35. The zero-order chi connectivity index (χ0) is 5.70. The third-order valence-electron chi connectivity index (χ3n) is 0.600. The molecule has 0 saturated heterocycles. The predicted octanol–water partition coefficient (Wildman–Crippen LogP) is 1.19. The van der Waals surface area contributed by atoms with Gasteiger partial charge >= 0.3 is 0 Å². The van der Waals surface area contributed by atoms with E-state index in [9.17, 15) is 0 Å². The summed E-state index contributed by atoms with van der Waals surface area (Å²) in [6.07, 6.45) is 0.266. The van der Waals surface area contributed by atoms with Crippen molar-refractivity contribution in [2.75, 3.05) is 17.3 Å². The van der Waals surface area contributed by atoms with Crippen LogP contribution < -0.4 is 0 Å². The van der Waals surface area contributed by atoms with E-state index in [1.807, 2.05) is 0 Å². The highest BCUT2D eigenvalue weighted by atomic mass is 32.1. The SMILES string of the molecule is OCP(CS)CS. The van der Waals surface area contributed by atoms with Gasteiger partial charge in [-0.2, -0.15) is 25.3 Å². The van der Waals surface area contributed by atoms with E-state index in [0.717, 1.165) is 11.0 Å². The Hall–Kier alpha value is 1.09. The lowest BCUT2D eigenvalue weighted by Crippen LogP contribution is -1.82. The number of aliphatic hydroxyl groups excluding tert-OH is 1. The molecule has 0 aromatic heterocycles. The van der Waals surface area contributed by atoms with Gasteiger partial charge < -0.3 is 5.11 Å². The highest BCUT2D eigenvalue weighted by Gasteiger charge is 1.97. The van der Waals surface area contributed by atoms with Gasteiger partial charge in [0.2, 0.25) is 0 Å². The van der Waals surface area contributed by atoms with E-state index < -0.39 is 0 Å². The van der Waals surface area contributed by atoms with Crippen LogP contribution in [0, 0.1) is 0 Å². The summed E-state index contributed by atoms with van der Waals surface area (Å²) in [6.45, 7) is 0. The Morgan fingerprint density at radius 3 is 1.71 bits per heavy atom. The minimum Gasteiger partial charge on any atom is -0.392 e. The lowest BCUT2D eigenvalue weighted by atomic mass is 11.7. The van der Waals surface area contributed by atoms with Crippen LogP contribution >= 0.6 is 33.2 Å². The second-order valence-electron chi connectivity index (χ2n) is 1.10. The van der Waals surface area contributed by atoms with Crippen molar-refractivity contribution in [3.05, 3.63) is 0 Å². The monoisotopic (exact) mass is 156 g/mol. The number of thiol groups is 2. The fraction of sp³-hybridized carbons (Fsp3) is 1.00. The topological polar surface area (TPSA) is 20.2 Å². The summed E-state index contributed by atoms with van der Waals surface area (Å²) >= 11 is 7.99. The van der Waals surface area contributed by atoms with Gasteiger partial charge in [0.1, 0.15) is 0 Å². The summed E-state index contributed by atoms with van der Waals surface area (Å²) < 4.78 is 0. The van der Waals surface area contributed by atoms with E-state index in [1.54, 1.807) is 0 Å². The maximum absolute atomic E-state index is 8.46. The minimum atomic E-state index is -0.270. The molecular formula is C3H9OPS2. The van der Waals surface area contributed by atoms with Crippen molar-refractivity contribution in [3.8, 4) is 0 Å². The first-order valence-electron chi connectivity index (χ1n) is 1.90. The number of aliphatic hydroxyl groups is 1. The van der Waals surface area contributed by atoms with Crippen molar-refractivity contribution in [2.45, 2.75) is 0 Å². The Balaban J connectivity index is 2.99. The van der Waals surface area contributed by atoms with Gasteiger partial charge in [0.15, 0.2) is 0 Å². The molecule has 0 heterocycles. The Kier molecular flexibility index (Phi) is 6.05. The van der Waals surface area contributed by atoms with Gasteiger partial charge in [-0.05, 0) is 0 Å². The van der Waals surface area contributed by atoms with Crippen LogP contribution in [0.4, 0.5) is 0 Å². The molecule has 0 aliphatic carbocycles. The van der Waals surface area contributed by atoms with Gasteiger partial charge in [-0.25, -0.2) is 0 Å². The fourth-order valence-electron chi connectivity index (χ4n) is 0.134. The zero-order valence-electron chi connectivity index (χ0n) is 3.91. The second-order valence-corrected chi connectivity index (χ2v) is 4.98. The molecule has 0 bridgehead atoms. The van der Waals surface area contributed by atoms with Crippen molar-refractivity contribution in [3.63, 3.8) is 0 Å². The molecule has 0 aliphatic heterocycles. The molecule has 4 heteroatoms. The molecule has 1 N–H and O–H groups in total. The number of hydrogen-bond acceptors (Lipinski definition) is 3. The van der Waals surface area contributed by atoms with Crippen LogP contribution in [0.3, 0.4) is 0 Å². The summed E-state index contributed by atoms with van der Waals surface area (Å²) in [6, 6.07) is 0. The lowest BCUT2D eigenvalue weighted by Gasteiger charge is -2.04. The van der Waals surface area contributed by atoms with Crippen molar-refractivity contribution in [2.24, 2.45) is 0 Å². The molecule has 7 heavy (non-hydrogen) atoms. The van der Waals surface area contributed by atoms with Gasteiger partial charge in [0.25, 0.3) is 0 Å². The average Bonchev–Trinajstić information content (AvgIpc) is 1.72. The smallest absolute Gasteiger partial charge is 0.0639 e. The Labute approximate surface area is 56.1 Å². The Morgan fingerprint density at radius 2 is 1.71 bits per heavy atom. The van der Waals surface area contributed by atoms with Crippen molar-refractivity contribution in [1.82, 2.24) is 0 Å². The molecule has 0 aromatic carbocycles. The summed E-state index contributed by atoms with van der Waals surface area (Å²) in [5.41, 5.74) is 1.57. The van der Waals surface area contributed by atoms with Gasteiger partial charge in [0, 0.05) is 11.0 Å². The number of hydrogen-bond donors (Lipinski definition) is 3. The van der Waals surface area contributed by atoms with Crippen LogP contribution in [0.2, 0.25) is 0 Å². The standard InChI is InChI=1S/C3H9OPS2/c4-1-5(2-6)3-7/h4,6-7H,1-3H2. The van der Waals surface area contributed by atoms with E-state index in [1.165, 1.54) is 0 Å². The third kappa shape index (κ3) is 3.65. The lowest BCUT2D eigenvalue weighted by molar-refractivity contribution is 0.371. The van der Waals surface area contributed by atoms with Crippen molar-refractivity contribution in [1.29, 1.82) is 0 Å². The molecule has 0 fully saturated rings. The van der Waals surface area contributed by atoms with Crippen LogP contribution in [0.1, 0.15) is 0 Å². The van der Waals surface area contributed by atoms with Gasteiger partial charge in [-0.3, -0.25) is 0 Å². The van der Waals surface area contributed by atoms with Crippen LogP contribution in [-0.4, -0.2) is 22.4 Å². The van der Waals surface area contributed by atoms with Crippen molar-refractivity contribution >= 4 is 33.2 Å². The number of rotatable bonds is 3. The summed E-state index contributed by atoms with van der Waals surface area (Å²) in [4.78, 5) is 0. The second kappa shape index (κ2) is 5.23. The van der Waals surface area contributed by atoms with Gasteiger partial charge in [-0.15, -0.1) is 0 Å². The first-order valence-corrected chi connectivity index (χ1v) is 5.06. The summed E-state index contributed by atoms with van der Waals surface area (Å²) in [5, 5.41) is 8.46. The zero-order valence-corrected chi connectivity index (χ0v) is 6.59. The van der Waals surface area contributed by atoms with Crippen LogP contribution in [0.15, 0.2) is 0 Å². The van der Waals surface area contributed by atoms with Gasteiger partial charge in [-0.1, -0.05) is 7.92 Å². The van der Waals surface area contributed by atoms with E-state index >= 15 is 0 Å². The van der Waals surface area contributed by atoms with Gasteiger partial charge in [0.05, 0.1) is 6.35 Å². The molecule has 0 spiro atoms. The largest absolute Gasteiger partial charge is 0.392 e. The molecule has 0 radical (unpaired) electrons. The van der Waals surface area contributed by atoms with Crippen LogP contribution in [0.5, 0.6) is 0 Å². The third-order valence-corrected chi connectivity index (χ3v) is 4.20. The molecule has 0 aliphatic rings. The maximum atomic E-state index is 8.46. The van der Waals surface area contributed by atoms with Crippen LogP contribution in [-0.2, 0) is 0 Å². The van der Waals surface area contributed by atoms with E-state index in [-0.39, 0.29) is 14.3 Å². The molecule has 0 saturated carbocycles.